The lowest BCUT2D eigenvalue weighted by atomic mass is 9.98. The highest BCUT2D eigenvalue weighted by atomic mass is 14.9. The Labute approximate surface area is 96.7 Å². The van der Waals surface area contributed by atoms with E-state index in [1.165, 1.54) is 22.4 Å². The average molecular weight is 214 g/mol. The fourth-order valence-corrected chi connectivity index (χ4v) is 2.10. The maximum atomic E-state index is 4.22. The second kappa shape index (κ2) is 4.52. The molecule has 0 spiro atoms. The van der Waals surface area contributed by atoms with Gasteiger partial charge in [-0.3, -0.25) is 0 Å². The van der Waals surface area contributed by atoms with E-state index < -0.39 is 0 Å². The molecule has 0 aliphatic rings. The van der Waals surface area contributed by atoms with Crippen molar-refractivity contribution in [3.05, 3.63) is 52.6 Å². The van der Waals surface area contributed by atoms with Crippen LogP contribution in [0.15, 0.2) is 24.4 Å². The van der Waals surface area contributed by atoms with Crippen LogP contribution in [0.1, 0.15) is 28.2 Å². The van der Waals surface area contributed by atoms with Gasteiger partial charge < -0.3 is 4.98 Å². The van der Waals surface area contributed by atoms with E-state index >= 15 is 0 Å². The molecule has 0 amide bonds. The number of hydrogen-bond donors (Lipinski definition) is 1. The van der Waals surface area contributed by atoms with Crippen LogP contribution < -0.4 is 0 Å². The lowest BCUT2D eigenvalue weighted by molar-refractivity contribution is 0.903. The normalized spacial score (nSPS) is 10.7. The third kappa shape index (κ3) is 2.32. The minimum absolute atomic E-state index is 0.997. The van der Waals surface area contributed by atoms with E-state index in [0.717, 1.165) is 18.7 Å². The largest absolute Gasteiger partial charge is 0.346 e. The molecule has 1 aromatic heterocycles. The molecule has 0 aliphatic heterocycles. The second-order valence-corrected chi connectivity index (χ2v) is 4.36. The first kappa shape index (κ1) is 10.9. The van der Waals surface area contributed by atoms with Gasteiger partial charge in [-0.25, -0.2) is 4.98 Å². The third-order valence-electron chi connectivity index (χ3n) is 3.04. The Balaban J connectivity index is 2.10. The Hall–Kier alpha value is -1.57. The Morgan fingerprint density at radius 3 is 2.31 bits per heavy atom. The maximum absolute atomic E-state index is 4.22. The third-order valence-corrected chi connectivity index (χ3v) is 3.04. The van der Waals surface area contributed by atoms with Crippen molar-refractivity contribution in [3.8, 4) is 0 Å². The molecule has 2 rings (SSSR count). The van der Waals surface area contributed by atoms with Crippen LogP contribution in [0.3, 0.4) is 0 Å². The van der Waals surface area contributed by atoms with E-state index in [-0.39, 0.29) is 0 Å². The SMILES string of the molecule is Cc1ncc(CCc2c(C)cccc2C)[nH]1. The van der Waals surface area contributed by atoms with E-state index in [9.17, 15) is 0 Å². The van der Waals surface area contributed by atoms with E-state index in [4.69, 9.17) is 0 Å². The molecule has 0 atom stereocenters. The van der Waals surface area contributed by atoms with Crippen molar-refractivity contribution in [2.75, 3.05) is 0 Å². The topological polar surface area (TPSA) is 28.7 Å². The van der Waals surface area contributed by atoms with E-state index in [1.807, 2.05) is 13.1 Å². The molecule has 2 aromatic rings. The molecule has 0 radical (unpaired) electrons. The fourth-order valence-electron chi connectivity index (χ4n) is 2.10. The molecular formula is C14H18N2. The predicted octanol–water partition coefficient (Wildman–Crippen LogP) is 3.12. The number of aryl methyl sites for hydroxylation is 4. The summed E-state index contributed by atoms with van der Waals surface area (Å²) in [4.78, 5) is 7.49. The van der Waals surface area contributed by atoms with Crippen LogP contribution in [-0.4, -0.2) is 9.97 Å². The van der Waals surface area contributed by atoms with Crippen molar-refractivity contribution in [3.63, 3.8) is 0 Å². The lowest BCUT2D eigenvalue weighted by Gasteiger charge is -2.08. The van der Waals surface area contributed by atoms with Gasteiger partial charge in [-0.1, -0.05) is 18.2 Å². The van der Waals surface area contributed by atoms with Gasteiger partial charge in [-0.15, -0.1) is 0 Å². The van der Waals surface area contributed by atoms with Crippen LogP contribution in [0.4, 0.5) is 0 Å². The van der Waals surface area contributed by atoms with Gasteiger partial charge in [-0.05, 0) is 50.3 Å². The van der Waals surface area contributed by atoms with Gasteiger partial charge in [0, 0.05) is 11.9 Å². The van der Waals surface area contributed by atoms with Gasteiger partial charge >= 0.3 is 0 Å². The number of aromatic amines is 1. The molecule has 0 saturated carbocycles. The summed E-state index contributed by atoms with van der Waals surface area (Å²) in [7, 11) is 0. The number of nitrogens with one attached hydrogen (secondary N) is 1. The number of imidazole rings is 1. The highest BCUT2D eigenvalue weighted by Crippen LogP contribution is 2.15. The maximum Gasteiger partial charge on any atom is 0.103 e. The van der Waals surface area contributed by atoms with Gasteiger partial charge in [0.2, 0.25) is 0 Å². The average Bonchev–Trinajstić information content (AvgIpc) is 2.63. The molecule has 2 heteroatoms. The molecule has 0 aliphatic carbocycles. The molecule has 1 N–H and O–H groups in total. The van der Waals surface area contributed by atoms with E-state index in [0.29, 0.717) is 0 Å². The summed E-state index contributed by atoms with van der Waals surface area (Å²) >= 11 is 0. The number of hydrogen-bond acceptors (Lipinski definition) is 1. The zero-order chi connectivity index (χ0) is 11.5. The van der Waals surface area contributed by atoms with Gasteiger partial charge in [0.25, 0.3) is 0 Å². The van der Waals surface area contributed by atoms with Crippen LogP contribution in [0.25, 0.3) is 0 Å². The fraction of sp³-hybridized carbons (Fsp3) is 0.357. The summed E-state index contributed by atoms with van der Waals surface area (Å²) in [6.45, 7) is 6.35. The van der Waals surface area contributed by atoms with E-state index in [1.54, 1.807) is 0 Å². The number of H-pyrrole nitrogens is 1. The van der Waals surface area contributed by atoms with Gasteiger partial charge in [-0.2, -0.15) is 0 Å². The Bertz CT molecular complexity index is 463. The first-order valence-corrected chi connectivity index (χ1v) is 5.72. The van der Waals surface area contributed by atoms with Crippen LogP contribution in [0.2, 0.25) is 0 Å². The number of nitrogens with zero attached hydrogens (tertiary/aromatic N) is 1. The Kier molecular flexibility index (Phi) is 3.09. The molecule has 16 heavy (non-hydrogen) atoms. The first-order chi connectivity index (χ1) is 7.66. The molecule has 0 saturated heterocycles. The van der Waals surface area contributed by atoms with Crippen molar-refractivity contribution in [2.45, 2.75) is 33.6 Å². The Morgan fingerprint density at radius 2 is 1.75 bits per heavy atom. The quantitative estimate of drug-likeness (QED) is 0.835. The highest BCUT2D eigenvalue weighted by Gasteiger charge is 2.03. The zero-order valence-corrected chi connectivity index (χ0v) is 10.2. The molecule has 84 valence electrons. The van der Waals surface area contributed by atoms with Crippen molar-refractivity contribution in [2.24, 2.45) is 0 Å². The van der Waals surface area contributed by atoms with Crippen molar-refractivity contribution >= 4 is 0 Å². The predicted molar refractivity (Wildman–Crippen MR) is 66.6 cm³/mol. The zero-order valence-electron chi connectivity index (χ0n) is 10.2. The van der Waals surface area contributed by atoms with Crippen LogP contribution in [0.5, 0.6) is 0 Å². The summed E-state index contributed by atoms with van der Waals surface area (Å²) in [5, 5.41) is 0. The summed E-state index contributed by atoms with van der Waals surface area (Å²) in [5.74, 6) is 0.997. The number of rotatable bonds is 3. The van der Waals surface area contributed by atoms with Gasteiger partial charge in [0.1, 0.15) is 5.82 Å². The highest BCUT2D eigenvalue weighted by molar-refractivity contribution is 5.33. The summed E-state index contributed by atoms with van der Waals surface area (Å²) in [6, 6.07) is 6.48. The van der Waals surface area contributed by atoms with Crippen LogP contribution >= 0.6 is 0 Å². The van der Waals surface area contributed by atoms with Crippen molar-refractivity contribution in [1.82, 2.24) is 9.97 Å². The monoisotopic (exact) mass is 214 g/mol. The van der Waals surface area contributed by atoms with Gasteiger partial charge in [0.15, 0.2) is 0 Å². The molecule has 2 nitrogen and oxygen atoms in total. The minimum atomic E-state index is 0.997. The number of aromatic nitrogens is 2. The first-order valence-electron chi connectivity index (χ1n) is 5.72. The van der Waals surface area contributed by atoms with E-state index in [2.05, 4.69) is 42.0 Å². The van der Waals surface area contributed by atoms with Crippen molar-refractivity contribution < 1.29 is 0 Å². The minimum Gasteiger partial charge on any atom is -0.346 e. The second-order valence-electron chi connectivity index (χ2n) is 4.36. The molecule has 0 bridgehead atoms. The summed E-state index contributed by atoms with van der Waals surface area (Å²) in [5.41, 5.74) is 5.46. The van der Waals surface area contributed by atoms with Crippen molar-refractivity contribution in [1.29, 1.82) is 0 Å². The standard InChI is InChI=1S/C14H18N2/c1-10-5-4-6-11(2)14(10)8-7-13-9-15-12(3)16-13/h4-6,9H,7-8H2,1-3H3,(H,15,16). The smallest absolute Gasteiger partial charge is 0.103 e. The molecule has 0 fully saturated rings. The van der Waals surface area contributed by atoms with Crippen LogP contribution in [-0.2, 0) is 12.8 Å². The summed E-state index contributed by atoms with van der Waals surface area (Å²) in [6.07, 6.45) is 4.05. The number of benzene rings is 1. The lowest BCUT2D eigenvalue weighted by Crippen LogP contribution is -1.97. The van der Waals surface area contributed by atoms with Crippen LogP contribution in [0, 0.1) is 20.8 Å². The summed E-state index contributed by atoms with van der Waals surface area (Å²) < 4.78 is 0. The Morgan fingerprint density at radius 1 is 1.06 bits per heavy atom. The van der Waals surface area contributed by atoms with Gasteiger partial charge in [0.05, 0.1) is 0 Å². The molecule has 0 unspecified atom stereocenters. The molecular weight excluding hydrogens is 196 g/mol. The molecule has 1 heterocycles. The molecule has 1 aromatic carbocycles.